The molecule has 2 aromatic rings. The number of β-amino-alcohol motifs (C(OH)–C–C–N with tert-alkyl or cyclic N) is 1. The monoisotopic (exact) mass is 376 g/mol. The predicted molar refractivity (Wildman–Crippen MR) is 97.3 cm³/mol. The predicted octanol–water partition coefficient (Wildman–Crippen LogP) is 3.29. The molecule has 1 aliphatic heterocycles. The number of piperidine rings is 1. The molecule has 0 aliphatic carbocycles. The van der Waals surface area contributed by atoms with E-state index < -0.39 is 5.60 Å². The van der Waals surface area contributed by atoms with Crippen molar-refractivity contribution in [3.8, 4) is 5.75 Å². The molecule has 0 spiro atoms. The first-order chi connectivity index (χ1) is 12.8. The summed E-state index contributed by atoms with van der Waals surface area (Å²) in [6.07, 6.45) is 1.19. The lowest BCUT2D eigenvalue weighted by Crippen LogP contribution is -2.53. The molecule has 1 saturated heterocycles. The van der Waals surface area contributed by atoms with Gasteiger partial charge in [0.1, 0.15) is 35.1 Å². The standard InChI is InChI=1S/C20H25FN2O4/c1-13(2)18-17(14(3)27-22-18)19(24)23-10-4-9-20(25,11-23)12-26-16-7-5-15(21)6-8-16/h5-8,13,25H,4,9-12H2,1-3H3. The molecule has 1 atom stereocenters. The van der Waals surface area contributed by atoms with Crippen LogP contribution in [-0.2, 0) is 0 Å². The van der Waals surface area contributed by atoms with Crippen molar-refractivity contribution in [1.82, 2.24) is 10.1 Å². The van der Waals surface area contributed by atoms with Gasteiger partial charge in [-0.1, -0.05) is 19.0 Å². The van der Waals surface area contributed by atoms with E-state index in [0.717, 1.165) is 0 Å². The van der Waals surface area contributed by atoms with Gasteiger partial charge in [-0.25, -0.2) is 4.39 Å². The summed E-state index contributed by atoms with van der Waals surface area (Å²) < 4.78 is 23.8. The molecule has 6 nitrogen and oxygen atoms in total. The zero-order chi connectivity index (χ0) is 19.6. The lowest BCUT2D eigenvalue weighted by molar-refractivity contribution is -0.0532. The zero-order valence-electron chi connectivity index (χ0n) is 15.9. The van der Waals surface area contributed by atoms with Gasteiger partial charge in [-0.15, -0.1) is 0 Å². The molecule has 146 valence electrons. The van der Waals surface area contributed by atoms with E-state index in [1.54, 1.807) is 11.8 Å². The summed E-state index contributed by atoms with van der Waals surface area (Å²) in [5.74, 6) is 0.496. The smallest absolute Gasteiger partial charge is 0.259 e. The molecule has 1 aromatic carbocycles. The number of hydrogen-bond acceptors (Lipinski definition) is 5. The van der Waals surface area contributed by atoms with Gasteiger partial charge in [0, 0.05) is 6.54 Å². The molecule has 1 aliphatic rings. The highest BCUT2D eigenvalue weighted by molar-refractivity contribution is 5.96. The van der Waals surface area contributed by atoms with Crippen molar-refractivity contribution in [2.24, 2.45) is 0 Å². The van der Waals surface area contributed by atoms with Gasteiger partial charge in [0.15, 0.2) is 0 Å². The summed E-state index contributed by atoms with van der Waals surface area (Å²) in [7, 11) is 0. The van der Waals surface area contributed by atoms with E-state index in [9.17, 15) is 14.3 Å². The Balaban J connectivity index is 1.70. The first-order valence-corrected chi connectivity index (χ1v) is 9.15. The van der Waals surface area contributed by atoms with Gasteiger partial charge in [-0.05, 0) is 49.9 Å². The summed E-state index contributed by atoms with van der Waals surface area (Å²) in [6, 6.07) is 5.64. The third kappa shape index (κ3) is 4.30. The number of benzene rings is 1. The van der Waals surface area contributed by atoms with Crippen molar-refractivity contribution in [3.63, 3.8) is 0 Å². The number of aliphatic hydroxyl groups is 1. The van der Waals surface area contributed by atoms with Gasteiger partial charge in [0.25, 0.3) is 5.91 Å². The number of rotatable bonds is 5. The number of likely N-dealkylation sites (tertiary alicyclic amines) is 1. The number of nitrogens with zero attached hydrogens (tertiary/aromatic N) is 2. The van der Waals surface area contributed by atoms with Crippen LogP contribution in [-0.4, -0.2) is 46.4 Å². The maximum absolute atomic E-state index is 13.0. The SMILES string of the molecule is Cc1onc(C(C)C)c1C(=O)N1CCCC(O)(COc2ccc(F)cc2)C1. The van der Waals surface area contributed by atoms with Gasteiger partial charge in [-0.3, -0.25) is 4.79 Å². The van der Waals surface area contributed by atoms with E-state index >= 15 is 0 Å². The van der Waals surface area contributed by atoms with Gasteiger partial charge in [-0.2, -0.15) is 0 Å². The highest BCUT2D eigenvalue weighted by Crippen LogP contribution is 2.28. The Bertz CT molecular complexity index is 803. The normalized spacial score (nSPS) is 20.1. The van der Waals surface area contributed by atoms with Crippen LogP contribution in [0.3, 0.4) is 0 Å². The molecule has 2 heterocycles. The van der Waals surface area contributed by atoms with Crippen LogP contribution in [0.4, 0.5) is 4.39 Å². The zero-order valence-corrected chi connectivity index (χ0v) is 15.9. The molecule has 7 heteroatoms. The lowest BCUT2D eigenvalue weighted by atomic mass is 9.92. The largest absolute Gasteiger partial charge is 0.491 e. The molecule has 0 bridgehead atoms. The minimum atomic E-state index is -1.16. The van der Waals surface area contributed by atoms with Crippen LogP contribution in [0.1, 0.15) is 54.4 Å². The Morgan fingerprint density at radius 3 is 2.78 bits per heavy atom. The van der Waals surface area contributed by atoms with Crippen LogP contribution in [0.5, 0.6) is 5.75 Å². The van der Waals surface area contributed by atoms with Crippen molar-refractivity contribution in [2.75, 3.05) is 19.7 Å². The maximum Gasteiger partial charge on any atom is 0.259 e. The number of halogens is 1. The average Bonchev–Trinajstić information content (AvgIpc) is 3.02. The topological polar surface area (TPSA) is 75.8 Å². The second-order valence-corrected chi connectivity index (χ2v) is 7.45. The number of aryl methyl sites for hydroxylation is 1. The van der Waals surface area contributed by atoms with E-state index in [-0.39, 0.29) is 30.8 Å². The fourth-order valence-corrected chi connectivity index (χ4v) is 3.35. The number of hydrogen-bond donors (Lipinski definition) is 1. The third-order valence-corrected chi connectivity index (χ3v) is 4.81. The summed E-state index contributed by atoms with van der Waals surface area (Å²) in [4.78, 5) is 14.7. The summed E-state index contributed by atoms with van der Waals surface area (Å²) >= 11 is 0. The Kier molecular flexibility index (Phi) is 5.51. The van der Waals surface area contributed by atoms with Crippen LogP contribution >= 0.6 is 0 Å². The van der Waals surface area contributed by atoms with Crippen LogP contribution in [0.25, 0.3) is 0 Å². The van der Waals surface area contributed by atoms with Gasteiger partial charge in [0.05, 0.1) is 12.2 Å². The van der Waals surface area contributed by atoms with Crippen molar-refractivity contribution < 1.29 is 23.6 Å². The number of amides is 1. The Hall–Kier alpha value is -2.41. The molecule has 1 unspecified atom stereocenters. The molecule has 0 radical (unpaired) electrons. The van der Waals surface area contributed by atoms with Crippen LogP contribution in [0.2, 0.25) is 0 Å². The molecule has 1 aromatic heterocycles. The van der Waals surface area contributed by atoms with Crippen LogP contribution in [0, 0.1) is 12.7 Å². The lowest BCUT2D eigenvalue weighted by Gasteiger charge is -2.39. The van der Waals surface area contributed by atoms with Crippen LogP contribution < -0.4 is 4.74 Å². The fourth-order valence-electron chi connectivity index (χ4n) is 3.35. The van der Waals surface area contributed by atoms with Crippen molar-refractivity contribution in [3.05, 3.63) is 47.1 Å². The quantitative estimate of drug-likeness (QED) is 0.867. The van der Waals surface area contributed by atoms with E-state index in [4.69, 9.17) is 9.26 Å². The molecule has 0 saturated carbocycles. The summed E-state index contributed by atoms with van der Waals surface area (Å²) in [5, 5.41) is 14.9. The number of ether oxygens (including phenoxy) is 1. The number of aromatic nitrogens is 1. The Morgan fingerprint density at radius 2 is 2.11 bits per heavy atom. The van der Waals surface area contributed by atoms with Crippen molar-refractivity contribution in [1.29, 1.82) is 0 Å². The number of carbonyl (C=O) groups excluding carboxylic acids is 1. The van der Waals surface area contributed by atoms with Crippen molar-refractivity contribution in [2.45, 2.75) is 45.1 Å². The second-order valence-electron chi connectivity index (χ2n) is 7.45. The first kappa shape index (κ1) is 19.4. The second kappa shape index (κ2) is 7.68. The van der Waals surface area contributed by atoms with Crippen molar-refractivity contribution >= 4 is 5.91 Å². The van der Waals surface area contributed by atoms with E-state index in [2.05, 4.69) is 5.16 Å². The van der Waals surface area contributed by atoms with E-state index in [1.165, 1.54) is 24.3 Å². The third-order valence-electron chi connectivity index (χ3n) is 4.81. The highest BCUT2D eigenvalue weighted by Gasteiger charge is 2.38. The Labute approximate surface area is 157 Å². The molecular weight excluding hydrogens is 351 g/mol. The molecule has 27 heavy (non-hydrogen) atoms. The summed E-state index contributed by atoms with van der Waals surface area (Å²) in [6.45, 7) is 6.38. The molecule has 1 fully saturated rings. The highest BCUT2D eigenvalue weighted by atomic mass is 19.1. The Morgan fingerprint density at radius 1 is 1.41 bits per heavy atom. The van der Waals surface area contributed by atoms with Crippen LogP contribution in [0.15, 0.2) is 28.8 Å². The van der Waals surface area contributed by atoms with Gasteiger partial charge >= 0.3 is 0 Å². The average molecular weight is 376 g/mol. The van der Waals surface area contributed by atoms with Gasteiger partial charge in [0.2, 0.25) is 0 Å². The molecule has 1 N–H and O–H groups in total. The number of carbonyl (C=O) groups is 1. The summed E-state index contributed by atoms with van der Waals surface area (Å²) in [5.41, 5.74) is -0.0476. The molecule has 1 amide bonds. The molecule has 3 rings (SSSR count). The fraction of sp³-hybridized carbons (Fsp3) is 0.500. The first-order valence-electron chi connectivity index (χ1n) is 9.15. The maximum atomic E-state index is 13.0. The minimum absolute atomic E-state index is 0.0298. The minimum Gasteiger partial charge on any atom is -0.491 e. The van der Waals surface area contributed by atoms with Gasteiger partial charge < -0.3 is 19.3 Å². The van der Waals surface area contributed by atoms with E-state index in [0.29, 0.717) is 42.2 Å². The van der Waals surface area contributed by atoms with E-state index in [1.807, 2.05) is 13.8 Å². The molecular formula is C20H25FN2O4.